The molecule has 164 valence electrons. The Bertz CT molecular complexity index is 1200. The van der Waals surface area contributed by atoms with Crippen molar-refractivity contribution < 1.29 is 17.9 Å². The van der Waals surface area contributed by atoms with Crippen LogP contribution in [0.2, 0.25) is 0 Å². The number of hydrogen-bond acceptors (Lipinski definition) is 5. The Morgan fingerprint density at radius 2 is 1.59 bits per heavy atom. The van der Waals surface area contributed by atoms with Crippen molar-refractivity contribution >= 4 is 22.1 Å². The molecule has 7 nitrogen and oxygen atoms in total. The monoisotopic (exact) mass is 449 g/mol. The molecule has 0 spiro atoms. The van der Waals surface area contributed by atoms with E-state index in [4.69, 9.17) is 4.74 Å². The molecule has 0 aliphatic carbocycles. The Labute approximate surface area is 187 Å². The van der Waals surface area contributed by atoms with Gasteiger partial charge in [0.05, 0.1) is 24.3 Å². The van der Waals surface area contributed by atoms with Crippen LogP contribution in [0.25, 0.3) is 11.1 Å². The lowest BCUT2D eigenvalue weighted by Crippen LogP contribution is -2.40. The Kier molecular flexibility index (Phi) is 6.75. The van der Waals surface area contributed by atoms with Crippen LogP contribution in [0.5, 0.6) is 0 Å². The third-order valence-corrected chi connectivity index (χ3v) is 7.00. The molecule has 1 fully saturated rings. The van der Waals surface area contributed by atoms with E-state index in [1.165, 1.54) is 16.4 Å². The summed E-state index contributed by atoms with van der Waals surface area (Å²) in [6.45, 7) is 1.32. The van der Waals surface area contributed by atoms with Gasteiger partial charge in [0, 0.05) is 18.7 Å². The van der Waals surface area contributed by atoms with Gasteiger partial charge in [0.15, 0.2) is 0 Å². The van der Waals surface area contributed by atoms with Crippen LogP contribution in [-0.4, -0.2) is 51.1 Å². The number of carbonyl (C=O) groups excluding carboxylic acids is 1. The van der Waals surface area contributed by atoms with Gasteiger partial charge in [-0.1, -0.05) is 60.7 Å². The molecule has 32 heavy (non-hydrogen) atoms. The molecule has 0 bridgehead atoms. The van der Waals surface area contributed by atoms with Crippen molar-refractivity contribution in [2.24, 2.45) is 5.10 Å². The van der Waals surface area contributed by atoms with E-state index in [1.807, 2.05) is 54.6 Å². The van der Waals surface area contributed by atoms with Crippen molar-refractivity contribution in [1.82, 2.24) is 9.73 Å². The van der Waals surface area contributed by atoms with Gasteiger partial charge in [0.25, 0.3) is 5.91 Å². The molecule has 1 aliphatic rings. The lowest BCUT2D eigenvalue weighted by Gasteiger charge is -2.26. The van der Waals surface area contributed by atoms with E-state index in [9.17, 15) is 13.2 Å². The third kappa shape index (κ3) is 5.11. The second-order valence-corrected chi connectivity index (χ2v) is 9.17. The van der Waals surface area contributed by atoms with E-state index in [0.29, 0.717) is 26.3 Å². The first kappa shape index (κ1) is 21.9. The maximum Gasteiger partial charge on any atom is 0.271 e. The van der Waals surface area contributed by atoms with Crippen LogP contribution >= 0.6 is 0 Å². The largest absolute Gasteiger partial charge is 0.379 e. The molecular formula is C24H23N3O4S. The number of benzene rings is 3. The van der Waals surface area contributed by atoms with Gasteiger partial charge in [-0.3, -0.25) is 4.79 Å². The highest BCUT2D eigenvalue weighted by molar-refractivity contribution is 7.89. The molecule has 0 atom stereocenters. The maximum atomic E-state index is 12.8. The van der Waals surface area contributed by atoms with Gasteiger partial charge in [-0.2, -0.15) is 9.41 Å². The highest BCUT2D eigenvalue weighted by atomic mass is 32.2. The fraction of sp³-hybridized carbons (Fsp3) is 0.167. The summed E-state index contributed by atoms with van der Waals surface area (Å²) in [6, 6.07) is 23.8. The molecule has 8 heteroatoms. The summed E-state index contributed by atoms with van der Waals surface area (Å²) in [4.78, 5) is 12.6. The van der Waals surface area contributed by atoms with E-state index >= 15 is 0 Å². The van der Waals surface area contributed by atoms with E-state index in [-0.39, 0.29) is 10.5 Å². The minimum atomic E-state index is -3.67. The van der Waals surface area contributed by atoms with Crippen LogP contribution in [-0.2, 0) is 14.8 Å². The summed E-state index contributed by atoms with van der Waals surface area (Å²) in [5, 5.41) is 4.00. The standard InChI is InChI=1S/C24H23N3O4S/c28-24(22-7-4-8-23(17-22)32(29,30)27-13-15-31-16-14-27)26-25-18-19-9-11-21(12-10-19)20-5-2-1-3-6-20/h1-12,17-18H,13-16H2,(H,26,28)/b25-18+. The Hall–Kier alpha value is -3.33. The van der Waals surface area contributed by atoms with Gasteiger partial charge >= 0.3 is 0 Å². The van der Waals surface area contributed by atoms with Crippen molar-refractivity contribution in [1.29, 1.82) is 0 Å². The molecule has 0 radical (unpaired) electrons. The summed E-state index contributed by atoms with van der Waals surface area (Å²) in [5.74, 6) is -0.485. The van der Waals surface area contributed by atoms with E-state index in [0.717, 1.165) is 16.7 Å². The van der Waals surface area contributed by atoms with Gasteiger partial charge in [-0.05, 0) is 34.9 Å². The molecule has 1 saturated heterocycles. The Morgan fingerprint density at radius 1 is 0.906 bits per heavy atom. The topological polar surface area (TPSA) is 88.1 Å². The van der Waals surface area contributed by atoms with Gasteiger partial charge in [0.1, 0.15) is 0 Å². The predicted octanol–water partition coefficient (Wildman–Crippen LogP) is 3.14. The fourth-order valence-corrected chi connectivity index (χ4v) is 4.81. The summed E-state index contributed by atoms with van der Waals surface area (Å²) < 4.78 is 32.2. The molecule has 3 aromatic rings. The summed E-state index contributed by atoms with van der Waals surface area (Å²) in [6.07, 6.45) is 1.54. The van der Waals surface area contributed by atoms with Crippen LogP contribution in [0.3, 0.4) is 0 Å². The zero-order chi connectivity index (χ0) is 22.4. The van der Waals surface area contributed by atoms with Crippen molar-refractivity contribution in [2.75, 3.05) is 26.3 Å². The van der Waals surface area contributed by atoms with Crippen molar-refractivity contribution in [2.45, 2.75) is 4.90 Å². The number of carbonyl (C=O) groups is 1. The van der Waals surface area contributed by atoms with Crippen LogP contribution in [0.15, 0.2) is 88.9 Å². The molecule has 0 saturated carbocycles. The average molecular weight is 450 g/mol. The number of amides is 1. The molecular weight excluding hydrogens is 426 g/mol. The molecule has 1 N–H and O–H groups in total. The summed E-state index contributed by atoms with van der Waals surface area (Å²) in [7, 11) is -3.67. The first-order valence-electron chi connectivity index (χ1n) is 10.2. The van der Waals surface area contributed by atoms with E-state index in [1.54, 1.807) is 18.3 Å². The summed E-state index contributed by atoms with van der Waals surface area (Å²) in [5.41, 5.74) is 5.71. The lowest BCUT2D eigenvalue weighted by molar-refractivity contribution is 0.0730. The Morgan fingerprint density at radius 3 is 2.31 bits per heavy atom. The predicted molar refractivity (Wildman–Crippen MR) is 123 cm³/mol. The number of ether oxygens (including phenoxy) is 1. The fourth-order valence-electron chi connectivity index (χ4n) is 3.36. The number of nitrogens with zero attached hydrogens (tertiary/aromatic N) is 2. The van der Waals surface area contributed by atoms with Crippen LogP contribution in [0.1, 0.15) is 15.9 Å². The number of hydrogen-bond donors (Lipinski definition) is 1. The van der Waals surface area contributed by atoms with Crippen LogP contribution in [0.4, 0.5) is 0 Å². The normalized spacial score (nSPS) is 15.0. The average Bonchev–Trinajstić information content (AvgIpc) is 2.85. The number of rotatable bonds is 6. The van der Waals surface area contributed by atoms with Crippen LogP contribution in [0, 0.1) is 0 Å². The maximum absolute atomic E-state index is 12.8. The molecule has 0 unspecified atom stereocenters. The molecule has 1 aliphatic heterocycles. The second kappa shape index (κ2) is 9.86. The van der Waals surface area contributed by atoms with Crippen molar-refractivity contribution in [3.63, 3.8) is 0 Å². The first-order chi connectivity index (χ1) is 15.5. The number of hydrazone groups is 1. The minimum absolute atomic E-state index is 0.0764. The highest BCUT2D eigenvalue weighted by Gasteiger charge is 2.26. The van der Waals surface area contributed by atoms with Gasteiger partial charge in [-0.15, -0.1) is 0 Å². The minimum Gasteiger partial charge on any atom is -0.379 e. The number of morpholine rings is 1. The zero-order valence-electron chi connectivity index (χ0n) is 17.3. The number of nitrogens with one attached hydrogen (secondary N) is 1. The second-order valence-electron chi connectivity index (χ2n) is 7.23. The highest BCUT2D eigenvalue weighted by Crippen LogP contribution is 2.19. The first-order valence-corrected chi connectivity index (χ1v) is 11.6. The molecule has 1 heterocycles. The molecule has 0 aromatic heterocycles. The molecule has 3 aromatic carbocycles. The summed E-state index contributed by atoms with van der Waals surface area (Å²) >= 11 is 0. The van der Waals surface area contributed by atoms with E-state index < -0.39 is 15.9 Å². The quantitative estimate of drug-likeness (QED) is 0.463. The van der Waals surface area contributed by atoms with Gasteiger partial charge < -0.3 is 4.74 Å². The zero-order valence-corrected chi connectivity index (χ0v) is 18.2. The van der Waals surface area contributed by atoms with Crippen LogP contribution < -0.4 is 5.43 Å². The van der Waals surface area contributed by atoms with Crippen molar-refractivity contribution in [3.8, 4) is 11.1 Å². The van der Waals surface area contributed by atoms with E-state index in [2.05, 4.69) is 10.5 Å². The molecule has 4 rings (SSSR count). The van der Waals surface area contributed by atoms with Gasteiger partial charge in [0.2, 0.25) is 10.0 Å². The SMILES string of the molecule is O=C(N/N=C/c1ccc(-c2ccccc2)cc1)c1cccc(S(=O)(=O)N2CCOCC2)c1. The Balaban J connectivity index is 1.41. The lowest BCUT2D eigenvalue weighted by atomic mass is 10.0. The van der Waals surface area contributed by atoms with Crippen molar-refractivity contribution in [3.05, 3.63) is 90.0 Å². The molecule has 1 amide bonds. The smallest absolute Gasteiger partial charge is 0.271 e. The van der Waals surface area contributed by atoms with Gasteiger partial charge in [-0.25, -0.2) is 13.8 Å². The third-order valence-electron chi connectivity index (χ3n) is 5.10. The number of sulfonamides is 1.